The van der Waals surface area contributed by atoms with Gasteiger partial charge in [0.05, 0.1) is 25.7 Å². The number of hydrogen-bond donors (Lipinski definition) is 3. The minimum absolute atomic E-state index is 0.0408. The molecule has 0 aromatic heterocycles. The van der Waals surface area contributed by atoms with Gasteiger partial charge >= 0.3 is 0 Å². The van der Waals surface area contributed by atoms with Crippen molar-refractivity contribution in [2.75, 3.05) is 19.6 Å². The Morgan fingerprint density at radius 1 is 1.42 bits per heavy atom. The van der Waals surface area contributed by atoms with Crippen LogP contribution in [-0.4, -0.2) is 53.1 Å². The topological polar surface area (TPSA) is 95.7 Å². The van der Waals surface area contributed by atoms with Gasteiger partial charge in [-0.3, -0.25) is 9.59 Å². The first-order chi connectivity index (χ1) is 8.83. The number of amides is 2. The lowest BCUT2D eigenvalue weighted by Crippen LogP contribution is -2.66. The van der Waals surface area contributed by atoms with E-state index in [9.17, 15) is 14.7 Å². The van der Waals surface area contributed by atoms with Gasteiger partial charge in [-0.2, -0.15) is 0 Å². The number of carbonyl (C=O) groups excluding carboxylic acids is 2. The highest BCUT2D eigenvalue weighted by Gasteiger charge is 2.53. The lowest BCUT2D eigenvalue weighted by Gasteiger charge is -2.47. The van der Waals surface area contributed by atoms with Crippen LogP contribution in [0.1, 0.15) is 26.7 Å². The van der Waals surface area contributed by atoms with Gasteiger partial charge in [0.15, 0.2) is 0 Å². The Morgan fingerprint density at radius 2 is 2.00 bits per heavy atom. The number of β-amino-alcohol motifs (C(OH)–C–C–N with tert-alkyl or cyclic N) is 1. The molecular weight excluding hydrogens is 246 g/mol. The summed E-state index contributed by atoms with van der Waals surface area (Å²) in [4.78, 5) is 25.0. The Morgan fingerprint density at radius 3 is 2.47 bits per heavy atom. The molecule has 108 valence electrons. The van der Waals surface area contributed by atoms with Crippen molar-refractivity contribution in [1.82, 2.24) is 10.2 Å². The normalized spacial score (nSPS) is 22.9. The minimum atomic E-state index is -0.673. The summed E-state index contributed by atoms with van der Waals surface area (Å²) in [5.74, 6) is -0.0597. The molecule has 19 heavy (non-hydrogen) atoms. The first kappa shape index (κ1) is 14.3. The predicted octanol–water partition coefficient (Wildman–Crippen LogP) is -0.931. The molecule has 1 atom stereocenters. The quantitative estimate of drug-likeness (QED) is 0.601. The fraction of sp³-hybridized carbons (Fsp3) is 0.846. The number of aliphatic hydroxyl groups is 1. The minimum Gasteiger partial charge on any atom is -0.386 e. The van der Waals surface area contributed by atoms with E-state index < -0.39 is 11.6 Å². The van der Waals surface area contributed by atoms with E-state index in [1.165, 1.54) is 0 Å². The zero-order chi connectivity index (χ0) is 14.2. The van der Waals surface area contributed by atoms with Crippen LogP contribution in [0, 0.1) is 11.8 Å². The molecule has 1 saturated carbocycles. The first-order valence-corrected chi connectivity index (χ1v) is 6.87. The Bertz CT molecular complexity index is 373. The van der Waals surface area contributed by atoms with E-state index in [0.29, 0.717) is 19.0 Å². The number of nitrogens with zero attached hydrogens (tertiary/aromatic N) is 1. The molecule has 0 aromatic carbocycles. The molecule has 0 bridgehead atoms. The van der Waals surface area contributed by atoms with Gasteiger partial charge in [0.1, 0.15) is 5.60 Å². The fourth-order valence-electron chi connectivity index (χ4n) is 2.37. The number of hydrogen-bond acceptors (Lipinski definition) is 4. The Kier molecular flexibility index (Phi) is 3.82. The maximum Gasteiger partial charge on any atom is 0.242 e. The Hall–Kier alpha value is -1.14. The molecule has 2 rings (SSSR count). The largest absolute Gasteiger partial charge is 0.386 e. The van der Waals surface area contributed by atoms with E-state index in [1.807, 2.05) is 13.8 Å². The van der Waals surface area contributed by atoms with Crippen molar-refractivity contribution in [3.05, 3.63) is 0 Å². The third kappa shape index (κ3) is 3.06. The molecular formula is C13H23N3O3. The molecule has 2 fully saturated rings. The highest BCUT2D eigenvalue weighted by molar-refractivity contribution is 5.87. The molecule has 0 spiro atoms. The van der Waals surface area contributed by atoms with Crippen LogP contribution in [-0.2, 0) is 9.59 Å². The van der Waals surface area contributed by atoms with E-state index in [2.05, 4.69) is 5.32 Å². The zero-order valence-electron chi connectivity index (χ0n) is 11.6. The Balaban J connectivity index is 1.70. The molecule has 1 aliphatic carbocycles. The second-order valence-corrected chi connectivity index (χ2v) is 6.12. The Labute approximate surface area is 113 Å². The van der Waals surface area contributed by atoms with Gasteiger partial charge in [-0.1, -0.05) is 13.8 Å². The van der Waals surface area contributed by atoms with Crippen molar-refractivity contribution < 1.29 is 14.7 Å². The van der Waals surface area contributed by atoms with E-state index in [0.717, 1.165) is 12.8 Å². The van der Waals surface area contributed by atoms with Crippen LogP contribution >= 0.6 is 0 Å². The van der Waals surface area contributed by atoms with Crippen LogP contribution in [0.5, 0.6) is 0 Å². The molecule has 1 heterocycles. The second-order valence-electron chi connectivity index (χ2n) is 6.12. The third-order valence-electron chi connectivity index (χ3n) is 4.05. The zero-order valence-corrected chi connectivity index (χ0v) is 11.6. The molecule has 6 heteroatoms. The molecule has 2 amide bonds. The number of carbonyl (C=O) groups is 2. The predicted molar refractivity (Wildman–Crippen MR) is 70.1 cm³/mol. The monoisotopic (exact) mass is 269 g/mol. The van der Waals surface area contributed by atoms with Crippen LogP contribution in [0.25, 0.3) is 0 Å². The molecule has 0 radical (unpaired) electrons. The molecule has 6 nitrogen and oxygen atoms in total. The number of rotatable bonds is 5. The van der Waals surface area contributed by atoms with E-state index >= 15 is 0 Å². The summed E-state index contributed by atoms with van der Waals surface area (Å²) in [7, 11) is 0. The third-order valence-corrected chi connectivity index (χ3v) is 4.05. The van der Waals surface area contributed by atoms with Crippen LogP contribution in [0.4, 0.5) is 0 Å². The van der Waals surface area contributed by atoms with Crippen molar-refractivity contribution in [3.8, 4) is 0 Å². The van der Waals surface area contributed by atoms with Crippen molar-refractivity contribution in [2.24, 2.45) is 17.6 Å². The van der Waals surface area contributed by atoms with Gasteiger partial charge in [-0.25, -0.2) is 0 Å². The molecule has 0 aromatic rings. The van der Waals surface area contributed by atoms with Crippen LogP contribution in [0.15, 0.2) is 0 Å². The summed E-state index contributed by atoms with van der Waals surface area (Å²) in [5.41, 5.74) is 5.01. The molecule has 4 N–H and O–H groups in total. The molecule has 2 aliphatic rings. The van der Waals surface area contributed by atoms with Crippen molar-refractivity contribution in [1.29, 1.82) is 0 Å². The summed E-state index contributed by atoms with van der Waals surface area (Å²) in [6, 6.07) is -0.590. The highest BCUT2D eigenvalue weighted by atomic mass is 16.3. The van der Waals surface area contributed by atoms with Crippen LogP contribution in [0.2, 0.25) is 0 Å². The van der Waals surface area contributed by atoms with Gasteiger partial charge in [-0.05, 0) is 24.7 Å². The van der Waals surface area contributed by atoms with Crippen molar-refractivity contribution >= 4 is 11.8 Å². The van der Waals surface area contributed by atoms with Gasteiger partial charge in [-0.15, -0.1) is 0 Å². The average Bonchev–Trinajstić information content (AvgIpc) is 3.14. The van der Waals surface area contributed by atoms with Gasteiger partial charge in [0.25, 0.3) is 0 Å². The van der Waals surface area contributed by atoms with Gasteiger partial charge < -0.3 is 21.1 Å². The number of nitrogens with two attached hydrogens (primary N) is 1. The summed E-state index contributed by atoms with van der Waals surface area (Å²) in [6.45, 7) is 4.46. The lowest BCUT2D eigenvalue weighted by atomic mass is 9.89. The smallest absolute Gasteiger partial charge is 0.242 e. The summed E-state index contributed by atoms with van der Waals surface area (Å²) >= 11 is 0. The van der Waals surface area contributed by atoms with Crippen molar-refractivity contribution in [3.63, 3.8) is 0 Å². The molecule has 1 saturated heterocycles. The SMILES string of the molecule is CC(C)[C@H](N)C(=O)NCC(=O)N1CC(O)(C2CC2)C1. The molecule has 0 unspecified atom stereocenters. The van der Waals surface area contributed by atoms with E-state index in [4.69, 9.17) is 5.73 Å². The summed E-state index contributed by atoms with van der Waals surface area (Å²) in [6.07, 6.45) is 2.11. The maximum atomic E-state index is 11.8. The van der Waals surface area contributed by atoms with Crippen molar-refractivity contribution in [2.45, 2.75) is 38.3 Å². The average molecular weight is 269 g/mol. The lowest BCUT2D eigenvalue weighted by molar-refractivity contribution is -0.158. The maximum absolute atomic E-state index is 11.8. The fourth-order valence-corrected chi connectivity index (χ4v) is 2.37. The summed E-state index contributed by atoms with van der Waals surface area (Å²) < 4.78 is 0. The second kappa shape index (κ2) is 5.09. The van der Waals surface area contributed by atoms with E-state index in [-0.39, 0.29) is 24.3 Å². The van der Waals surface area contributed by atoms with Gasteiger partial charge in [0.2, 0.25) is 11.8 Å². The van der Waals surface area contributed by atoms with Crippen LogP contribution < -0.4 is 11.1 Å². The standard InChI is InChI=1S/C13H23N3O3/c1-8(2)11(14)12(18)15-5-10(17)16-6-13(19,7-16)9-3-4-9/h8-9,11,19H,3-7,14H2,1-2H3,(H,15,18)/t11-/m0/s1. The summed E-state index contributed by atoms with van der Waals surface area (Å²) in [5, 5.41) is 12.7. The number of nitrogens with one attached hydrogen (secondary N) is 1. The molecule has 1 aliphatic heterocycles. The van der Waals surface area contributed by atoms with Gasteiger partial charge in [0, 0.05) is 0 Å². The first-order valence-electron chi connectivity index (χ1n) is 6.87. The van der Waals surface area contributed by atoms with E-state index in [1.54, 1.807) is 4.90 Å². The highest BCUT2D eigenvalue weighted by Crippen LogP contribution is 2.44. The van der Waals surface area contributed by atoms with Crippen LogP contribution in [0.3, 0.4) is 0 Å². The number of likely N-dealkylation sites (tertiary alicyclic amines) is 1.